The normalized spacial score (nSPS) is 11.2. The van der Waals surface area contributed by atoms with E-state index >= 15 is 0 Å². The molecule has 2 aromatic rings. The molecule has 2 aromatic heterocycles. The number of pyridine rings is 1. The highest BCUT2D eigenvalue weighted by atomic mass is 16.6. The van der Waals surface area contributed by atoms with E-state index in [1.165, 1.54) is 6.07 Å². The van der Waals surface area contributed by atoms with E-state index in [0.717, 1.165) is 0 Å². The Morgan fingerprint density at radius 1 is 1.42 bits per heavy atom. The number of nitrogens with one attached hydrogen (secondary N) is 1. The van der Waals surface area contributed by atoms with Crippen molar-refractivity contribution in [3.63, 3.8) is 0 Å². The maximum Gasteiger partial charge on any atom is 0.406 e. The Kier molecular flexibility index (Phi) is 4.82. The van der Waals surface area contributed by atoms with Crippen LogP contribution in [-0.4, -0.2) is 27.6 Å². The monoisotopic (exact) mass is 334 g/mol. The molecular weight excluding hydrogens is 316 g/mol. The minimum Gasteiger partial charge on any atom is -0.476 e. The molecule has 0 saturated heterocycles. The highest BCUT2D eigenvalue weighted by Gasteiger charge is 2.21. The number of hydrogen-bond donors (Lipinski definition) is 1. The van der Waals surface area contributed by atoms with Crippen molar-refractivity contribution >= 4 is 17.6 Å². The Morgan fingerprint density at radius 3 is 2.71 bits per heavy atom. The highest BCUT2D eigenvalue weighted by molar-refractivity contribution is 5.90. The van der Waals surface area contributed by atoms with Gasteiger partial charge < -0.3 is 19.4 Å². The van der Waals surface area contributed by atoms with E-state index in [9.17, 15) is 14.9 Å². The second kappa shape index (κ2) is 6.65. The topological polar surface area (TPSA) is 120 Å². The van der Waals surface area contributed by atoms with Gasteiger partial charge in [0.25, 0.3) is 5.91 Å². The predicted octanol–water partition coefficient (Wildman–Crippen LogP) is 2.60. The first kappa shape index (κ1) is 17.4. The molecule has 0 aliphatic rings. The molecule has 0 aromatic carbocycles. The summed E-state index contributed by atoms with van der Waals surface area (Å²) >= 11 is 0. The molecule has 0 saturated carbocycles. The standard InChI is InChI=1S/C15H18N4O5/c1-9-5-6-10(14(16-9)19(21)22)23-8-12(20)17-13-7-11(18-24-13)15(2,3)4/h5-7H,8H2,1-4H3,(H,17,20). The minimum absolute atomic E-state index is 0.0753. The van der Waals surface area contributed by atoms with Crippen LogP contribution in [0.1, 0.15) is 32.2 Å². The maximum atomic E-state index is 11.9. The van der Waals surface area contributed by atoms with Gasteiger partial charge in [-0.15, -0.1) is 0 Å². The largest absolute Gasteiger partial charge is 0.476 e. The van der Waals surface area contributed by atoms with Crippen molar-refractivity contribution in [3.05, 3.63) is 39.7 Å². The number of aromatic nitrogens is 2. The maximum absolute atomic E-state index is 11.9. The molecule has 128 valence electrons. The second-order valence-corrected chi connectivity index (χ2v) is 6.19. The van der Waals surface area contributed by atoms with E-state index in [0.29, 0.717) is 11.4 Å². The molecule has 9 heteroatoms. The third-order valence-corrected chi connectivity index (χ3v) is 3.05. The number of aryl methyl sites for hydroxylation is 1. The molecule has 0 aliphatic carbocycles. The van der Waals surface area contributed by atoms with Crippen LogP contribution >= 0.6 is 0 Å². The summed E-state index contributed by atoms with van der Waals surface area (Å²) in [6, 6.07) is 4.58. The lowest BCUT2D eigenvalue weighted by atomic mass is 9.92. The van der Waals surface area contributed by atoms with E-state index in [-0.39, 0.29) is 17.0 Å². The summed E-state index contributed by atoms with van der Waals surface area (Å²) in [4.78, 5) is 25.9. The molecule has 0 radical (unpaired) electrons. The molecule has 0 aliphatic heterocycles. The van der Waals surface area contributed by atoms with Gasteiger partial charge >= 0.3 is 5.82 Å². The molecule has 1 N–H and O–H groups in total. The van der Waals surface area contributed by atoms with Crippen molar-refractivity contribution < 1.29 is 19.0 Å². The van der Waals surface area contributed by atoms with Gasteiger partial charge in [0.1, 0.15) is 5.69 Å². The van der Waals surface area contributed by atoms with Crippen molar-refractivity contribution in [2.24, 2.45) is 0 Å². The molecule has 1 amide bonds. The zero-order valence-corrected chi connectivity index (χ0v) is 13.8. The van der Waals surface area contributed by atoms with Crippen LogP contribution in [0.15, 0.2) is 22.7 Å². The smallest absolute Gasteiger partial charge is 0.406 e. The van der Waals surface area contributed by atoms with Crippen molar-refractivity contribution in [2.75, 3.05) is 11.9 Å². The van der Waals surface area contributed by atoms with E-state index in [1.54, 1.807) is 19.1 Å². The number of nitro groups is 1. The number of ether oxygens (including phenoxy) is 1. The van der Waals surface area contributed by atoms with Gasteiger partial charge in [-0.1, -0.05) is 25.9 Å². The Labute approximate surface area is 138 Å². The van der Waals surface area contributed by atoms with Crippen LogP contribution in [0.5, 0.6) is 5.75 Å². The van der Waals surface area contributed by atoms with Gasteiger partial charge in [-0.25, -0.2) is 0 Å². The molecule has 0 fully saturated rings. The van der Waals surface area contributed by atoms with Crippen molar-refractivity contribution in [3.8, 4) is 5.75 Å². The Balaban J connectivity index is 1.99. The Morgan fingerprint density at radius 2 is 2.12 bits per heavy atom. The molecule has 9 nitrogen and oxygen atoms in total. The van der Waals surface area contributed by atoms with Crippen LogP contribution in [0, 0.1) is 17.0 Å². The number of amides is 1. The fourth-order valence-corrected chi connectivity index (χ4v) is 1.78. The molecule has 2 rings (SSSR count). The number of carbonyl (C=O) groups is 1. The number of carbonyl (C=O) groups excluding carboxylic acids is 1. The van der Waals surface area contributed by atoms with E-state index in [1.807, 2.05) is 20.8 Å². The predicted molar refractivity (Wildman–Crippen MR) is 85.0 cm³/mol. The molecule has 2 heterocycles. The Hall–Kier alpha value is -2.97. The van der Waals surface area contributed by atoms with Crippen LogP contribution in [0.2, 0.25) is 0 Å². The van der Waals surface area contributed by atoms with Gasteiger partial charge in [-0.05, 0) is 22.0 Å². The second-order valence-electron chi connectivity index (χ2n) is 6.19. The minimum atomic E-state index is -0.660. The number of rotatable bonds is 5. The molecule has 0 spiro atoms. The fourth-order valence-electron chi connectivity index (χ4n) is 1.78. The van der Waals surface area contributed by atoms with Crippen LogP contribution < -0.4 is 10.1 Å². The van der Waals surface area contributed by atoms with Crippen LogP contribution in [0.4, 0.5) is 11.7 Å². The van der Waals surface area contributed by atoms with Crippen molar-refractivity contribution in [1.82, 2.24) is 10.1 Å². The summed E-state index contributed by atoms with van der Waals surface area (Å²) in [5, 5.41) is 17.3. The van der Waals surface area contributed by atoms with Gasteiger partial charge in [-0.2, -0.15) is 0 Å². The van der Waals surface area contributed by atoms with Crippen LogP contribution in [-0.2, 0) is 10.2 Å². The average Bonchev–Trinajstić information content (AvgIpc) is 2.94. The van der Waals surface area contributed by atoms with Crippen LogP contribution in [0.25, 0.3) is 0 Å². The van der Waals surface area contributed by atoms with Gasteiger partial charge in [0.2, 0.25) is 11.6 Å². The van der Waals surface area contributed by atoms with Crippen molar-refractivity contribution in [1.29, 1.82) is 0 Å². The first-order valence-electron chi connectivity index (χ1n) is 7.18. The summed E-state index contributed by atoms with van der Waals surface area (Å²) in [6.07, 6.45) is 0. The zero-order valence-electron chi connectivity index (χ0n) is 13.8. The lowest BCUT2D eigenvalue weighted by molar-refractivity contribution is -0.390. The van der Waals surface area contributed by atoms with Crippen LogP contribution in [0.3, 0.4) is 0 Å². The summed E-state index contributed by atoms with van der Waals surface area (Å²) in [5.41, 5.74) is 0.962. The quantitative estimate of drug-likeness (QED) is 0.659. The lowest BCUT2D eigenvalue weighted by Crippen LogP contribution is -2.20. The fraction of sp³-hybridized carbons (Fsp3) is 0.400. The van der Waals surface area contributed by atoms with Gasteiger partial charge in [-0.3, -0.25) is 10.1 Å². The zero-order chi connectivity index (χ0) is 17.9. The molecule has 0 atom stereocenters. The summed E-state index contributed by atoms with van der Waals surface area (Å²) in [5.74, 6) is -0.849. The van der Waals surface area contributed by atoms with E-state index in [2.05, 4.69) is 15.5 Å². The average molecular weight is 334 g/mol. The third kappa shape index (κ3) is 4.28. The lowest BCUT2D eigenvalue weighted by Gasteiger charge is -2.12. The summed E-state index contributed by atoms with van der Waals surface area (Å²) in [7, 11) is 0. The van der Waals surface area contributed by atoms with Crippen molar-refractivity contribution in [2.45, 2.75) is 33.1 Å². The van der Waals surface area contributed by atoms with Gasteiger partial charge in [0, 0.05) is 18.4 Å². The first-order chi connectivity index (χ1) is 11.2. The Bertz CT molecular complexity index is 763. The number of anilines is 1. The molecular formula is C15H18N4O5. The van der Waals surface area contributed by atoms with Gasteiger partial charge in [0.15, 0.2) is 6.61 Å². The number of hydrogen-bond acceptors (Lipinski definition) is 7. The first-order valence-corrected chi connectivity index (χ1v) is 7.18. The highest BCUT2D eigenvalue weighted by Crippen LogP contribution is 2.25. The summed E-state index contributed by atoms with van der Waals surface area (Å²) < 4.78 is 10.2. The molecule has 0 unspecified atom stereocenters. The van der Waals surface area contributed by atoms with E-state index < -0.39 is 23.3 Å². The molecule has 0 bridgehead atoms. The third-order valence-electron chi connectivity index (χ3n) is 3.05. The SMILES string of the molecule is Cc1ccc(OCC(=O)Nc2cc(C(C)(C)C)no2)c([N+](=O)[O-])n1. The van der Waals surface area contributed by atoms with E-state index in [4.69, 9.17) is 9.26 Å². The number of nitrogens with zero attached hydrogens (tertiary/aromatic N) is 3. The summed E-state index contributed by atoms with van der Waals surface area (Å²) in [6.45, 7) is 7.09. The van der Waals surface area contributed by atoms with Gasteiger partial charge in [0.05, 0.1) is 5.69 Å². The molecule has 24 heavy (non-hydrogen) atoms.